The number of nitrogens with zero attached hydrogens (tertiary/aromatic N) is 1. The second-order valence-corrected chi connectivity index (χ2v) is 7.25. The van der Waals surface area contributed by atoms with E-state index < -0.39 is 0 Å². The van der Waals surface area contributed by atoms with Crippen molar-refractivity contribution in [2.45, 2.75) is 44.7 Å². The second kappa shape index (κ2) is 5.50. The van der Waals surface area contributed by atoms with Gasteiger partial charge in [0.2, 0.25) is 0 Å². The van der Waals surface area contributed by atoms with Crippen molar-refractivity contribution < 1.29 is 0 Å². The number of hydrogen-bond donors (Lipinski definition) is 1. The molecule has 0 aromatic carbocycles. The summed E-state index contributed by atoms with van der Waals surface area (Å²) in [4.78, 5) is 2.82. The van der Waals surface area contributed by atoms with E-state index >= 15 is 0 Å². The topological polar surface area (TPSA) is 15.3 Å². The van der Waals surface area contributed by atoms with Gasteiger partial charge in [-0.15, -0.1) is 0 Å². The summed E-state index contributed by atoms with van der Waals surface area (Å²) >= 11 is 2.16. The molecule has 0 bridgehead atoms. The van der Waals surface area contributed by atoms with Gasteiger partial charge in [-0.1, -0.05) is 6.92 Å². The second-order valence-electron chi connectivity index (χ2n) is 6.10. The van der Waals surface area contributed by atoms with Crippen molar-refractivity contribution in [3.63, 3.8) is 0 Å². The van der Waals surface area contributed by atoms with Crippen LogP contribution in [0.2, 0.25) is 0 Å². The van der Waals surface area contributed by atoms with Gasteiger partial charge in [0.15, 0.2) is 0 Å². The van der Waals surface area contributed by atoms with Crippen LogP contribution in [-0.4, -0.2) is 48.1 Å². The molecular weight excluding hydrogens is 228 g/mol. The van der Waals surface area contributed by atoms with Crippen LogP contribution in [0.5, 0.6) is 0 Å². The van der Waals surface area contributed by atoms with Crippen molar-refractivity contribution in [3.8, 4) is 0 Å². The number of thioether (sulfide) groups is 1. The van der Waals surface area contributed by atoms with Gasteiger partial charge in [0.05, 0.1) is 0 Å². The van der Waals surface area contributed by atoms with Gasteiger partial charge in [-0.05, 0) is 49.0 Å². The molecule has 1 saturated carbocycles. The molecule has 1 N–H and O–H groups in total. The zero-order valence-electron chi connectivity index (χ0n) is 11.0. The summed E-state index contributed by atoms with van der Waals surface area (Å²) in [6.07, 6.45) is 5.71. The van der Waals surface area contributed by atoms with Crippen LogP contribution in [0.15, 0.2) is 0 Å². The number of hydrogen-bond acceptors (Lipinski definition) is 3. The maximum Gasteiger partial charge on any atom is 0.0224 e. The van der Waals surface area contributed by atoms with Gasteiger partial charge in [-0.25, -0.2) is 0 Å². The van der Waals surface area contributed by atoms with E-state index in [1.165, 1.54) is 56.8 Å². The first-order valence-electron chi connectivity index (χ1n) is 7.42. The summed E-state index contributed by atoms with van der Waals surface area (Å²) < 4.78 is 0. The summed E-state index contributed by atoms with van der Waals surface area (Å²) in [7, 11) is 0. The molecule has 3 heteroatoms. The molecule has 0 amide bonds. The molecule has 3 fully saturated rings. The monoisotopic (exact) mass is 254 g/mol. The fourth-order valence-corrected chi connectivity index (χ4v) is 4.65. The maximum atomic E-state index is 3.79. The van der Waals surface area contributed by atoms with E-state index in [1.54, 1.807) is 0 Å². The zero-order chi connectivity index (χ0) is 11.7. The largest absolute Gasteiger partial charge is 0.311 e. The first-order chi connectivity index (χ1) is 8.36. The standard InChI is InChI=1S/C14H26N2S/c1-2-13-7-15-14(12-3-4-12)9-16(13)8-11-5-6-17-10-11/h11-15H,2-10H2,1H3. The van der Waals surface area contributed by atoms with Crippen LogP contribution in [0.1, 0.15) is 32.6 Å². The third-order valence-corrected chi connectivity index (χ3v) is 5.97. The van der Waals surface area contributed by atoms with Gasteiger partial charge in [-0.2, -0.15) is 11.8 Å². The lowest BCUT2D eigenvalue weighted by Gasteiger charge is -2.41. The smallest absolute Gasteiger partial charge is 0.0224 e. The third kappa shape index (κ3) is 2.99. The Morgan fingerprint density at radius 2 is 2.18 bits per heavy atom. The maximum absolute atomic E-state index is 3.79. The van der Waals surface area contributed by atoms with Crippen LogP contribution in [0.25, 0.3) is 0 Å². The molecule has 98 valence electrons. The van der Waals surface area contributed by atoms with Gasteiger partial charge >= 0.3 is 0 Å². The minimum atomic E-state index is 0.801. The van der Waals surface area contributed by atoms with Crippen LogP contribution >= 0.6 is 11.8 Å². The van der Waals surface area contributed by atoms with Crippen molar-refractivity contribution in [1.82, 2.24) is 10.2 Å². The highest BCUT2D eigenvalue weighted by Crippen LogP contribution is 2.35. The van der Waals surface area contributed by atoms with Crippen molar-refractivity contribution >= 4 is 11.8 Å². The van der Waals surface area contributed by atoms with Gasteiger partial charge in [0.1, 0.15) is 0 Å². The number of rotatable bonds is 4. The Morgan fingerprint density at radius 1 is 1.29 bits per heavy atom. The molecule has 0 aromatic heterocycles. The normalized spacial score (nSPS) is 39.7. The van der Waals surface area contributed by atoms with Crippen molar-refractivity contribution in [2.24, 2.45) is 11.8 Å². The van der Waals surface area contributed by atoms with Crippen LogP contribution in [0.3, 0.4) is 0 Å². The number of piperazine rings is 1. The lowest BCUT2D eigenvalue weighted by Crippen LogP contribution is -2.57. The van der Waals surface area contributed by atoms with E-state index in [1.807, 2.05) is 0 Å². The molecule has 1 aliphatic carbocycles. The summed E-state index contributed by atoms with van der Waals surface area (Å²) in [6, 6.07) is 1.61. The molecule has 3 atom stereocenters. The van der Waals surface area contributed by atoms with Crippen LogP contribution in [0.4, 0.5) is 0 Å². The van der Waals surface area contributed by atoms with E-state index in [0.717, 1.165) is 23.9 Å². The molecule has 3 aliphatic rings. The van der Waals surface area contributed by atoms with Crippen LogP contribution in [0, 0.1) is 11.8 Å². The number of nitrogens with one attached hydrogen (secondary N) is 1. The average molecular weight is 254 g/mol. The molecule has 2 nitrogen and oxygen atoms in total. The summed E-state index contributed by atoms with van der Waals surface area (Å²) in [5.41, 5.74) is 0. The highest BCUT2D eigenvalue weighted by atomic mass is 32.2. The molecule has 0 radical (unpaired) electrons. The predicted octanol–water partition coefficient (Wildman–Crippen LogP) is 2.20. The molecular formula is C14H26N2S. The minimum Gasteiger partial charge on any atom is -0.311 e. The van der Waals surface area contributed by atoms with E-state index in [0.29, 0.717) is 0 Å². The van der Waals surface area contributed by atoms with Crippen molar-refractivity contribution in [1.29, 1.82) is 0 Å². The van der Waals surface area contributed by atoms with Gasteiger partial charge < -0.3 is 5.32 Å². The SMILES string of the molecule is CCC1CNC(C2CC2)CN1CC1CCSC1. The molecule has 3 unspecified atom stereocenters. The average Bonchev–Trinajstić information content (AvgIpc) is 3.09. The molecule has 2 aliphatic heterocycles. The van der Waals surface area contributed by atoms with Crippen LogP contribution < -0.4 is 5.32 Å². The lowest BCUT2D eigenvalue weighted by atomic mass is 10.0. The first-order valence-corrected chi connectivity index (χ1v) is 8.57. The van der Waals surface area contributed by atoms with E-state index in [9.17, 15) is 0 Å². The Morgan fingerprint density at radius 3 is 2.82 bits per heavy atom. The Kier molecular flexibility index (Phi) is 3.98. The molecule has 3 rings (SSSR count). The first kappa shape index (κ1) is 12.3. The van der Waals surface area contributed by atoms with Crippen LogP contribution in [-0.2, 0) is 0 Å². The minimum absolute atomic E-state index is 0.801. The lowest BCUT2D eigenvalue weighted by molar-refractivity contribution is 0.104. The van der Waals surface area contributed by atoms with E-state index in [4.69, 9.17) is 0 Å². The Hall–Kier alpha value is 0.270. The molecule has 0 aromatic rings. The Labute approximate surface area is 110 Å². The van der Waals surface area contributed by atoms with E-state index in [2.05, 4.69) is 28.9 Å². The fraction of sp³-hybridized carbons (Fsp3) is 1.00. The highest BCUT2D eigenvalue weighted by Gasteiger charge is 2.37. The summed E-state index contributed by atoms with van der Waals surface area (Å²) in [6.45, 7) is 6.28. The van der Waals surface area contributed by atoms with Gasteiger partial charge in [0.25, 0.3) is 0 Å². The fourth-order valence-electron chi connectivity index (χ4n) is 3.38. The Balaban J connectivity index is 1.56. The molecule has 2 heterocycles. The van der Waals surface area contributed by atoms with E-state index in [-0.39, 0.29) is 0 Å². The zero-order valence-corrected chi connectivity index (χ0v) is 11.8. The van der Waals surface area contributed by atoms with Gasteiger partial charge in [0, 0.05) is 31.7 Å². The summed E-state index contributed by atoms with van der Waals surface area (Å²) in [5.74, 6) is 4.80. The van der Waals surface area contributed by atoms with Gasteiger partial charge in [-0.3, -0.25) is 4.90 Å². The van der Waals surface area contributed by atoms with Crippen molar-refractivity contribution in [2.75, 3.05) is 31.1 Å². The highest BCUT2D eigenvalue weighted by molar-refractivity contribution is 7.99. The molecule has 17 heavy (non-hydrogen) atoms. The quantitative estimate of drug-likeness (QED) is 0.828. The molecule has 0 spiro atoms. The summed E-state index contributed by atoms with van der Waals surface area (Å²) in [5, 5.41) is 3.79. The third-order valence-electron chi connectivity index (χ3n) is 4.74. The Bertz CT molecular complexity index is 247. The molecule has 2 saturated heterocycles. The van der Waals surface area contributed by atoms with Crippen molar-refractivity contribution in [3.05, 3.63) is 0 Å². The predicted molar refractivity (Wildman–Crippen MR) is 75.6 cm³/mol.